The minimum Gasteiger partial charge on any atom is -0.345 e. The summed E-state index contributed by atoms with van der Waals surface area (Å²) in [7, 11) is 0. The standard InChI is InChI=1S/C25H28N2O3/c1-16(17-8-3-2-4-9-17)26-25(30)21-12-5-6-13-22(21)27-24(29)20-14-18-10-7-11-19(15-20)23(18)28/h2-6,8-9,12-13,16,18-20H,7,10-11,14-15H2,1H3,(H,26,30)(H,27,29). The number of hydrogen-bond acceptors (Lipinski definition) is 3. The van der Waals surface area contributed by atoms with Crippen LogP contribution in [0.3, 0.4) is 0 Å². The van der Waals surface area contributed by atoms with E-state index in [1.807, 2.05) is 43.3 Å². The maximum atomic E-state index is 13.0. The fraction of sp³-hybridized carbons (Fsp3) is 0.400. The Balaban J connectivity index is 1.45. The molecule has 30 heavy (non-hydrogen) atoms. The average Bonchev–Trinajstić information content (AvgIpc) is 2.74. The number of fused-ring (bicyclic) bond motifs is 2. The van der Waals surface area contributed by atoms with Crippen molar-refractivity contribution in [1.29, 1.82) is 0 Å². The molecule has 2 bridgehead atoms. The van der Waals surface area contributed by atoms with E-state index in [4.69, 9.17) is 0 Å². The molecule has 2 amide bonds. The van der Waals surface area contributed by atoms with Crippen molar-refractivity contribution in [2.45, 2.75) is 45.1 Å². The van der Waals surface area contributed by atoms with Gasteiger partial charge in [0.15, 0.2) is 0 Å². The Labute approximate surface area is 177 Å². The van der Waals surface area contributed by atoms with Crippen LogP contribution in [0.4, 0.5) is 5.69 Å². The van der Waals surface area contributed by atoms with Gasteiger partial charge in [-0.15, -0.1) is 0 Å². The zero-order chi connectivity index (χ0) is 21.1. The molecule has 3 unspecified atom stereocenters. The Kier molecular flexibility index (Phi) is 5.98. The van der Waals surface area contributed by atoms with Gasteiger partial charge in [-0.1, -0.05) is 48.9 Å². The lowest BCUT2D eigenvalue weighted by molar-refractivity contribution is -0.136. The molecule has 2 N–H and O–H groups in total. The highest BCUT2D eigenvalue weighted by Gasteiger charge is 2.41. The smallest absolute Gasteiger partial charge is 0.253 e. The van der Waals surface area contributed by atoms with Crippen molar-refractivity contribution < 1.29 is 14.4 Å². The summed E-state index contributed by atoms with van der Waals surface area (Å²) in [5.41, 5.74) is 1.98. The normalized spacial score (nSPS) is 24.0. The van der Waals surface area contributed by atoms with Crippen LogP contribution in [-0.2, 0) is 9.59 Å². The van der Waals surface area contributed by atoms with Gasteiger partial charge in [0, 0.05) is 17.8 Å². The van der Waals surface area contributed by atoms with Gasteiger partial charge in [-0.25, -0.2) is 0 Å². The van der Waals surface area contributed by atoms with Crippen LogP contribution >= 0.6 is 0 Å². The lowest BCUT2D eigenvalue weighted by Crippen LogP contribution is -2.40. The Morgan fingerprint density at radius 1 is 0.933 bits per heavy atom. The minimum atomic E-state index is -0.224. The van der Waals surface area contributed by atoms with Gasteiger partial charge >= 0.3 is 0 Å². The molecular weight excluding hydrogens is 376 g/mol. The van der Waals surface area contributed by atoms with E-state index in [-0.39, 0.29) is 35.6 Å². The third kappa shape index (κ3) is 4.30. The summed E-state index contributed by atoms with van der Waals surface area (Å²) in [6.45, 7) is 1.94. The number of carbonyl (C=O) groups is 3. The Hall–Kier alpha value is -2.95. The first-order chi connectivity index (χ1) is 14.5. The van der Waals surface area contributed by atoms with Crippen LogP contribution in [0.1, 0.15) is 61.0 Å². The number of benzene rings is 2. The second-order valence-corrected chi connectivity index (χ2v) is 8.54. The molecule has 0 heterocycles. The molecule has 2 aliphatic carbocycles. The summed E-state index contributed by atoms with van der Waals surface area (Å²) >= 11 is 0. The van der Waals surface area contributed by atoms with Gasteiger partial charge < -0.3 is 10.6 Å². The number of nitrogens with one attached hydrogen (secondary N) is 2. The molecule has 0 aromatic heterocycles. The van der Waals surface area contributed by atoms with E-state index in [0.29, 0.717) is 29.9 Å². The molecule has 4 rings (SSSR count). The SMILES string of the molecule is CC(NC(=O)c1ccccc1NC(=O)C1CC2CCCC(C1)C2=O)c1ccccc1. The number of hydrogen-bond donors (Lipinski definition) is 2. The monoisotopic (exact) mass is 404 g/mol. The maximum Gasteiger partial charge on any atom is 0.253 e. The van der Waals surface area contributed by atoms with Crippen molar-refractivity contribution in [3.63, 3.8) is 0 Å². The molecule has 0 spiro atoms. The predicted octanol–water partition coefficient (Wildman–Crippen LogP) is 4.51. The highest BCUT2D eigenvalue weighted by Crippen LogP contribution is 2.40. The van der Waals surface area contributed by atoms with Gasteiger partial charge in [0.25, 0.3) is 5.91 Å². The lowest BCUT2D eigenvalue weighted by Gasteiger charge is -2.37. The van der Waals surface area contributed by atoms with E-state index < -0.39 is 0 Å². The zero-order valence-corrected chi connectivity index (χ0v) is 17.3. The molecule has 0 radical (unpaired) electrons. The lowest BCUT2D eigenvalue weighted by atomic mass is 9.67. The first kappa shape index (κ1) is 20.3. The summed E-state index contributed by atoms with van der Waals surface area (Å²) in [6, 6.07) is 16.7. The van der Waals surface area contributed by atoms with Gasteiger partial charge in [-0.2, -0.15) is 0 Å². The number of rotatable bonds is 5. The minimum absolute atomic E-state index is 0.0264. The number of carbonyl (C=O) groups excluding carboxylic acids is 3. The second kappa shape index (κ2) is 8.82. The molecular formula is C25H28N2O3. The summed E-state index contributed by atoms with van der Waals surface area (Å²) in [4.78, 5) is 38.2. The van der Waals surface area contributed by atoms with Crippen molar-refractivity contribution >= 4 is 23.3 Å². The summed E-state index contributed by atoms with van der Waals surface area (Å²) in [5, 5.41) is 5.98. The Bertz CT molecular complexity index is 924. The quantitative estimate of drug-likeness (QED) is 0.770. The zero-order valence-electron chi connectivity index (χ0n) is 17.3. The van der Waals surface area contributed by atoms with Crippen LogP contribution < -0.4 is 10.6 Å². The van der Waals surface area contributed by atoms with Gasteiger partial charge in [-0.05, 0) is 50.3 Å². The maximum absolute atomic E-state index is 13.0. The first-order valence-corrected chi connectivity index (χ1v) is 10.8. The fourth-order valence-electron chi connectivity index (χ4n) is 4.82. The number of amides is 2. The number of ketones is 1. The van der Waals surface area contributed by atoms with E-state index in [1.54, 1.807) is 18.2 Å². The molecule has 2 fully saturated rings. The van der Waals surface area contributed by atoms with E-state index in [2.05, 4.69) is 10.6 Å². The predicted molar refractivity (Wildman–Crippen MR) is 116 cm³/mol. The van der Waals surface area contributed by atoms with Crippen LogP contribution in [0.15, 0.2) is 54.6 Å². The summed E-state index contributed by atoms with van der Waals surface area (Å²) in [5.74, 6) is -0.0805. The summed E-state index contributed by atoms with van der Waals surface area (Å²) < 4.78 is 0. The van der Waals surface area contributed by atoms with Crippen molar-refractivity contribution in [2.75, 3.05) is 5.32 Å². The highest BCUT2D eigenvalue weighted by atomic mass is 16.2. The molecule has 5 heteroatoms. The van der Waals surface area contributed by atoms with E-state index in [0.717, 1.165) is 24.8 Å². The van der Waals surface area contributed by atoms with Gasteiger partial charge in [0.2, 0.25) is 5.91 Å². The second-order valence-electron chi connectivity index (χ2n) is 8.54. The van der Waals surface area contributed by atoms with Crippen LogP contribution in [0.25, 0.3) is 0 Å². The molecule has 2 aliphatic rings. The van der Waals surface area contributed by atoms with Crippen LogP contribution in [0.2, 0.25) is 0 Å². The van der Waals surface area contributed by atoms with Crippen molar-refractivity contribution in [3.05, 3.63) is 65.7 Å². The largest absolute Gasteiger partial charge is 0.345 e. The first-order valence-electron chi connectivity index (χ1n) is 10.8. The van der Waals surface area contributed by atoms with E-state index in [1.165, 1.54) is 0 Å². The van der Waals surface area contributed by atoms with Crippen LogP contribution in [0, 0.1) is 17.8 Å². The van der Waals surface area contributed by atoms with E-state index >= 15 is 0 Å². The molecule has 156 valence electrons. The van der Waals surface area contributed by atoms with Crippen molar-refractivity contribution in [2.24, 2.45) is 17.8 Å². The Morgan fingerprint density at radius 2 is 1.57 bits per heavy atom. The fourth-order valence-corrected chi connectivity index (χ4v) is 4.82. The Morgan fingerprint density at radius 3 is 2.27 bits per heavy atom. The van der Waals surface area contributed by atoms with Crippen molar-refractivity contribution in [1.82, 2.24) is 5.32 Å². The topological polar surface area (TPSA) is 75.3 Å². The number of para-hydroxylation sites is 1. The number of Topliss-reactive ketones (excluding diaryl/α,β-unsaturated/α-hetero) is 1. The molecule has 3 atom stereocenters. The molecule has 0 aliphatic heterocycles. The van der Waals surface area contributed by atoms with Gasteiger partial charge in [0.05, 0.1) is 17.3 Å². The molecule has 2 aromatic rings. The molecule has 5 nitrogen and oxygen atoms in total. The molecule has 2 aromatic carbocycles. The van der Waals surface area contributed by atoms with Crippen molar-refractivity contribution in [3.8, 4) is 0 Å². The third-order valence-electron chi connectivity index (χ3n) is 6.50. The van der Waals surface area contributed by atoms with Crippen LogP contribution in [-0.4, -0.2) is 17.6 Å². The van der Waals surface area contributed by atoms with Gasteiger partial charge in [-0.3, -0.25) is 14.4 Å². The average molecular weight is 405 g/mol. The van der Waals surface area contributed by atoms with Gasteiger partial charge in [0.1, 0.15) is 5.78 Å². The number of anilines is 1. The molecule has 0 saturated heterocycles. The van der Waals surface area contributed by atoms with E-state index in [9.17, 15) is 14.4 Å². The molecule has 2 saturated carbocycles. The highest BCUT2D eigenvalue weighted by molar-refractivity contribution is 6.04. The summed E-state index contributed by atoms with van der Waals surface area (Å²) in [6.07, 6.45) is 4.13. The third-order valence-corrected chi connectivity index (χ3v) is 6.50. The van der Waals surface area contributed by atoms with Crippen LogP contribution in [0.5, 0.6) is 0 Å².